The summed E-state index contributed by atoms with van der Waals surface area (Å²) in [6.07, 6.45) is 0.997. The molecule has 2 atom stereocenters. The van der Waals surface area contributed by atoms with Crippen LogP contribution in [-0.2, 0) is 6.42 Å². The zero-order chi connectivity index (χ0) is 15.1. The first-order valence-electron chi connectivity index (χ1n) is 7.74. The fourth-order valence-corrected chi connectivity index (χ4v) is 3.32. The van der Waals surface area contributed by atoms with Gasteiger partial charge in [0.1, 0.15) is 13.2 Å². The topological polar surface area (TPSA) is 56.5 Å². The highest BCUT2D eigenvalue weighted by Gasteiger charge is 2.28. The monoisotopic (exact) mass is 296 g/mol. The molecule has 114 valence electrons. The van der Waals surface area contributed by atoms with Gasteiger partial charge in [0.25, 0.3) is 0 Å². The van der Waals surface area contributed by atoms with Crippen LogP contribution in [0.5, 0.6) is 11.5 Å². The molecule has 4 rings (SSSR count). The lowest BCUT2D eigenvalue weighted by Gasteiger charge is -2.33. The highest BCUT2D eigenvalue weighted by atomic mass is 16.6. The van der Waals surface area contributed by atoms with Gasteiger partial charge in [0.15, 0.2) is 11.5 Å². The Morgan fingerprint density at radius 2 is 1.73 bits per heavy atom. The summed E-state index contributed by atoms with van der Waals surface area (Å²) in [6.45, 7) is 3.45. The molecule has 22 heavy (non-hydrogen) atoms. The van der Waals surface area contributed by atoms with Crippen molar-refractivity contribution in [1.82, 2.24) is 5.32 Å². The van der Waals surface area contributed by atoms with Crippen LogP contribution in [0.15, 0.2) is 36.4 Å². The van der Waals surface area contributed by atoms with Gasteiger partial charge in [0, 0.05) is 11.7 Å². The van der Waals surface area contributed by atoms with Crippen molar-refractivity contribution >= 4 is 5.69 Å². The molecule has 0 aromatic heterocycles. The van der Waals surface area contributed by atoms with Gasteiger partial charge in [-0.15, -0.1) is 0 Å². The molecule has 0 fully saturated rings. The Hall–Kier alpha value is -2.20. The van der Waals surface area contributed by atoms with Crippen molar-refractivity contribution in [2.24, 2.45) is 0 Å². The zero-order valence-corrected chi connectivity index (χ0v) is 12.6. The van der Waals surface area contributed by atoms with Crippen LogP contribution in [0.2, 0.25) is 0 Å². The second-order valence-corrected chi connectivity index (χ2v) is 6.07. The lowest BCUT2D eigenvalue weighted by molar-refractivity contribution is 0.171. The van der Waals surface area contributed by atoms with Crippen molar-refractivity contribution in [2.75, 3.05) is 18.9 Å². The summed E-state index contributed by atoms with van der Waals surface area (Å²) in [5.41, 5.74) is 10.4. The number of rotatable bonds is 1. The molecule has 0 amide bonds. The van der Waals surface area contributed by atoms with Gasteiger partial charge in [0.2, 0.25) is 0 Å². The average molecular weight is 296 g/mol. The normalized spacial score (nSPS) is 23.0. The quantitative estimate of drug-likeness (QED) is 0.794. The third-order valence-electron chi connectivity index (χ3n) is 4.36. The van der Waals surface area contributed by atoms with Crippen molar-refractivity contribution in [3.63, 3.8) is 0 Å². The molecule has 3 N–H and O–H groups in total. The number of ether oxygens (including phenoxy) is 2. The van der Waals surface area contributed by atoms with E-state index in [1.165, 1.54) is 16.7 Å². The molecule has 2 aromatic rings. The van der Waals surface area contributed by atoms with E-state index >= 15 is 0 Å². The Labute approximate surface area is 130 Å². The fraction of sp³-hybridized carbons (Fsp3) is 0.333. The van der Waals surface area contributed by atoms with Gasteiger partial charge in [-0.05, 0) is 54.3 Å². The van der Waals surface area contributed by atoms with Gasteiger partial charge in [-0.25, -0.2) is 0 Å². The fourth-order valence-electron chi connectivity index (χ4n) is 3.32. The molecule has 4 heteroatoms. The molecule has 2 unspecified atom stereocenters. The number of benzene rings is 2. The molecule has 0 saturated heterocycles. The van der Waals surface area contributed by atoms with Gasteiger partial charge in [-0.2, -0.15) is 0 Å². The first-order valence-corrected chi connectivity index (χ1v) is 7.74. The Bertz CT molecular complexity index is 697. The van der Waals surface area contributed by atoms with Crippen LogP contribution in [0.3, 0.4) is 0 Å². The molecular weight excluding hydrogens is 276 g/mol. The second kappa shape index (κ2) is 5.21. The van der Waals surface area contributed by atoms with E-state index in [0.29, 0.717) is 19.3 Å². The van der Waals surface area contributed by atoms with Crippen molar-refractivity contribution in [3.05, 3.63) is 53.1 Å². The number of nitrogens with one attached hydrogen (secondary N) is 1. The predicted octanol–water partition coefficient (Wildman–Crippen LogP) is 2.66. The van der Waals surface area contributed by atoms with E-state index in [1.54, 1.807) is 0 Å². The van der Waals surface area contributed by atoms with Crippen molar-refractivity contribution in [1.29, 1.82) is 0 Å². The van der Waals surface area contributed by atoms with Gasteiger partial charge in [-0.1, -0.05) is 12.1 Å². The largest absolute Gasteiger partial charge is 0.486 e. The molecule has 0 aliphatic carbocycles. The molecule has 0 radical (unpaired) electrons. The predicted molar refractivity (Wildman–Crippen MR) is 86.4 cm³/mol. The van der Waals surface area contributed by atoms with Crippen LogP contribution in [0.25, 0.3) is 0 Å². The van der Waals surface area contributed by atoms with E-state index in [2.05, 4.69) is 36.5 Å². The number of nitrogens with two attached hydrogens (primary N) is 1. The van der Waals surface area contributed by atoms with Crippen LogP contribution in [0.1, 0.15) is 29.7 Å². The Kier molecular flexibility index (Phi) is 3.19. The summed E-state index contributed by atoms with van der Waals surface area (Å²) in [6, 6.07) is 12.9. The molecule has 2 heterocycles. The molecule has 0 saturated carbocycles. The number of hydrogen-bond donors (Lipinski definition) is 2. The summed E-state index contributed by atoms with van der Waals surface area (Å²) >= 11 is 0. The lowest BCUT2D eigenvalue weighted by atomic mass is 9.86. The number of hydrogen-bond acceptors (Lipinski definition) is 4. The van der Waals surface area contributed by atoms with E-state index in [0.717, 1.165) is 23.6 Å². The molecule has 0 spiro atoms. The molecule has 2 aliphatic rings. The van der Waals surface area contributed by atoms with E-state index < -0.39 is 0 Å². The third kappa shape index (κ3) is 2.29. The van der Waals surface area contributed by atoms with Crippen LogP contribution >= 0.6 is 0 Å². The lowest BCUT2D eigenvalue weighted by Crippen LogP contribution is -2.38. The molecular formula is C18H20N2O2. The zero-order valence-electron chi connectivity index (χ0n) is 12.6. The average Bonchev–Trinajstić information content (AvgIpc) is 2.53. The van der Waals surface area contributed by atoms with Gasteiger partial charge in [0.05, 0.1) is 6.04 Å². The van der Waals surface area contributed by atoms with Crippen molar-refractivity contribution in [3.8, 4) is 11.5 Å². The standard InChI is InChI=1S/C18H20N2O2/c1-11-8-13-9-16-17(22-7-6-21-16)10-15(13)18(20-11)12-2-4-14(19)5-3-12/h2-5,9-11,18,20H,6-8,19H2,1H3. The summed E-state index contributed by atoms with van der Waals surface area (Å²) < 4.78 is 11.5. The van der Waals surface area contributed by atoms with Crippen LogP contribution in [0.4, 0.5) is 5.69 Å². The summed E-state index contributed by atoms with van der Waals surface area (Å²) in [5, 5.41) is 3.68. The first-order chi connectivity index (χ1) is 10.7. The molecule has 4 nitrogen and oxygen atoms in total. The van der Waals surface area contributed by atoms with E-state index in [-0.39, 0.29) is 6.04 Å². The third-order valence-corrected chi connectivity index (χ3v) is 4.36. The Balaban J connectivity index is 1.80. The molecule has 2 aromatic carbocycles. The first kappa shape index (κ1) is 13.5. The van der Waals surface area contributed by atoms with E-state index in [4.69, 9.17) is 15.2 Å². The van der Waals surface area contributed by atoms with Gasteiger partial charge >= 0.3 is 0 Å². The maximum Gasteiger partial charge on any atom is 0.161 e. The SMILES string of the molecule is CC1Cc2cc3c(cc2C(c2ccc(N)cc2)N1)OCCO3. The minimum Gasteiger partial charge on any atom is -0.486 e. The van der Waals surface area contributed by atoms with Crippen LogP contribution < -0.4 is 20.5 Å². The maximum absolute atomic E-state index is 5.81. The molecule has 2 aliphatic heterocycles. The van der Waals surface area contributed by atoms with Gasteiger partial charge < -0.3 is 20.5 Å². The van der Waals surface area contributed by atoms with Crippen LogP contribution in [0, 0.1) is 0 Å². The Morgan fingerprint density at radius 3 is 2.45 bits per heavy atom. The van der Waals surface area contributed by atoms with Crippen LogP contribution in [-0.4, -0.2) is 19.3 Å². The summed E-state index contributed by atoms with van der Waals surface area (Å²) in [7, 11) is 0. The Morgan fingerprint density at radius 1 is 1.05 bits per heavy atom. The molecule has 0 bridgehead atoms. The summed E-state index contributed by atoms with van der Waals surface area (Å²) in [5.74, 6) is 1.72. The van der Waals surface area contributed by atoms with Gasteiger partial charge in [-0.3, -0.25) is 0 Å². The minimum atomic E-state index is 0.162. The number of fused-ring (bicyclic) bond motifs is 2. The highest BCUT2D eigenvalue weighted by molar-refractivity contribution is 5.53. The number of nitrogen functional groups attached to an aromatic ring is 1. The highest BCUT2D eigenvalue weighted by Crippen LogP contribution is 2.39. The maximum atomic E-state index is 5.81. The number of anilines is 1. The second-order valence-electron chi connectivity index (χ2n) is 6.07. The van der Waals surface area contributed by atoms with E-state index in [9.17, 15) is 0 Å². The van der Waals surface area contributed by atoms with Crippen molar-refractivity contribution < 1.29 is 9.47 Å². The van der Waals surface area contributed by atoms with Crippen molar-refractivity contribution in [2.45, 2.75) is 25.4 Å². The summed E-state index contributed by atoms with van der Waals surface area (Å²) in [4.78, 5) is 0. The van der Waals surface area contributed by atoms with E-state index in [1.807, 2.05) is 12.1 Å². The minimum absolute atomic E-state index is 0.162. The smallest absolute Gasteiger partial charge is 0.161 e.